The number of amides is 7. The second kappa shape index (κ2) is 26.2. The number of carbonyl (C=O) groups excluding carboxylic acids is 8. The number of rotatable bonds is 27. The Morgan fingerprint density at radius 3 is 1.72 bits per heavy atom. The summed E-state index contributed by atoms with van der Waals surface area (Å²) < 4.78 is 5.25. The molecule has 1 fully saturated rings. The SMILES string of the molecule is CCCC(NC(=O)C1CC(Cc2ccc(OC)cc2)CN1C(=O)C(NC(=O)C(NC(=O)C(CCC(=O)O)NC(=O)C(CCC(=O)O)NC(C)=O)C(C)C)C(C)C)C(=O)C(=O)NCC(=O)O. The molecule has 1 aromatic carbocycles. The van der Waals surface area contributed by atoms with Crippen molar-refractivity contribution >= 4 is 65.0 Å². The largest absolute Gasteiger partial charge is 0.497 e. The van der Waals surface area contributed by atoms with Crippen molar-refractivity contribution in [1.29, 1.82) is 0 Å². The number of methoxy groups -OCH3 is 1. The molecule has 9 N–H and O–H groups in total. The molecule has 0 spiro atoms. The van der Waals surface area contributed by atoms with E-state index in [0.717, 1.165) is 12.5 Å². The van der Waals surface area contributed by atoms with Gasteiger partial charge in [-0.05, 0) is 67.6 Å². The predicted molar refractivity (Wildman–Crippen MR) is 230 cm³/mol. The Balaban J connectivity index is 2.44. The molecule has 360 valence electrons. The maximum atomic E-state index is 14.6. The Labute approximate surface area is 376 Å². The van der Waals surface area contributed by atoms with Crippen molar-refractivity contribution in [1.82, 2.24) is 36.8 Å². The molecule has 7 amide bonds. The fourth-order valence-electron chi connectivity index (χ4n) is 7.20. The highest BCUT2D eigenvalue weighted by atomic mass is 16.5. The van der Waals surface area contributed by atoms with Gasteiger partial charge in [0.05, 0.1) is 13.2 Å². The molecular weight excluding hydrogens is 855 g/mol. The molecule has 7 atom stereocenters. The number of aliphatic carboxylic acids is 3. The number of hydrogen-bond donors (Lipinski definition) is 9. The molecule has 22 heteroatoms. The lowest BCUT2D eigenvalue weighted by Crippen LogP contribution is -2.61. The molecule has 1 aliphatic rings. The van der Waals surface area contributed by atoms with Crippen molar-refractivity contribution in [3.05, 3.63) is 29.8 Å². The highest BCUT2D eigenvalue weighted by Gasteiger charge is 2.44. The lowest BCUT2D eigenvalue weighted by molar-refractivity contribution is -0.145. The summed E-state index contributed by atoms with van der Waals surface area (Å²) in [5.74, 6) is -12.1. The van der Waals surface area contributed by atoms with E-state index in [9.17, 15) is 57.8 Å². The average molecular weight is 918 g/mol. The van der Waals surface area contributed by atoms with Gasteiger partial charge in [-0.15, -0.1) is 0 Å². The summed E-state index contributed by atoms with van der Waals surface area (Å²) in [7, 11) is 1.52. The minimum atomic E-state index is -1.56. The van der Waals surface area contributed by atoms with E-state index in [1.165, 1.54) is 12.0 Å². The van der Waals surface area contributed by atoms with E-state index >= 15 is 0 Å². The lowest BCUT2D eigenvalue weighted by Gasteiger charge is -2.33. The van der Waals surface area contributed by atoms with Gasteiger partial charge in [0, 0.05) is 26.3 Å². The van der Waals surface area contributed by atoms with Gasteiger partial charge in [-0.1, -0.05) is 53.2 Å². The van der Waals surface area contributed by atoms with Crippen LogP contribution in [0.3, 0.4) is 0 Å². The maximum absolute atomic E-state index is 14.6. The molecule has 0 aliphatic carbocycles. The summed E-state index contributed by atoms with van der Waals surface area (Å²) in [6.07, 6.45) is -1.01. The number of hydrogen-bond acceptors (Lipinski definition) is 12. The normalized spacial score (nSPS) is 16.8. The van der Waals surface area contributed by atoms with Gasteiger partial charge in [-0.25, -0.2) is 0 Å². The van der Waals surface area contributed by atoms with Crippen LogP contribution < -0.4 is 36.6 Å². The third-order valence-electron chi connectivity index (χ3n) is 10.6. The fourth-order valence-corrected chi connectivity index (χ4v) is 7.20. The molecule has 1 aliphatic heterocycles. The Bertz CT molecular complexity index is 1900. The van der Waals surface area contributed by atoms with Crippen molar-refractivity contribution in [2.45, 2.75) is 129 Å². The van der Waals surface area contributed by atoms with E-state index in [0.29, 0.717) is 18.6 Å². The van der Waals surface area contributed by atoms with E-state index in [1.807, 2.05) is 17.4 Å². The summed E-state index contributed by atoms with van der Waals surface area (Å²) in [5.41, 5.74) is 0.867. The zero-order chi connectivity index (χ0) is 49.1. The summed E-state index contributed by atoms with van der Waals surface area (Å²) in [5, 5.41) is 41.9. The van der Waals surface area contributed by atoms with Gasteiger partial charge in [0.25, 0.3) is 5.91 Å². The van der Waals surface area contributed by atoms with Crippen LogP contribution in [0.1, 0.15) is 92.1 Å². The second-order valence-corrected chi connectivity index (χ2v) is 16.6. The van der Waals surface area contributed by atoms with Gasteiger partial charge in [0.1, 0.15) is 42.5 Å². The van der Waals surface area contributed by atoms with Crippen LogP contribution in [-0.2, 0) is 59.2 Å². The quantitative estimate of drug-likeness (QED) is 0.0503. The summed E-state index contributed by atoms with van der Waals surface area (Å²) in [4.78, 5) is 142. The number of nitrogens with one attached hydrogen (secondary N) is 6. The average Bonchev–Trinajstić information content (AvgIpc) is 3.66. The molecule has 2 rings (SSSR count). The topological polar surface area (TPSA) is 333 Å². The van der Waals surface area contributed by atoms with Gasteiger partial charge in [0.15, 0.2) is 0 Å². The van der Waals surface area contributed by atoms with E-state index in [1.54, 1.807) is 46.8 Å². The van der Waals surface area contributed by atoms with E-state index in [4.69, 9.17) is 14.9 Å². The van der Waals surface area contributed by atoms with Crippen LogP contribution in [0.5, 0.6) is 5.75 Å². The van der Waals surface area contributed by atoms with Crippen molar-refractivity contribution in [2.75, 3.05) is 20.2 Å². The fraction of sp³-hybridized carbons (Fsp3) is 0.605. The summed E-state index contributed by atoms with van der Waals surface area (Å²) in [6.45, 7) is 8.48. The molecule has 0 saturated carbocycles. The first-order chi connectivity index (χ1) is 30.5. The van der Waals surface area contributed by atoms with Gasteiger partial charge >= 0.3 is 17.9 Å². The van der Waals surface area contributed by atoms with E-state index in [-0.39, 0.29) is 31.7 Å². The zero-order valence-electron chi connectivity index (χ0n) is 37.8. The van der Waals surface area contributed by atoms with Crippen molar-refractivity contribution in [3.63, 3.8) is 0 Å². The maximum Gasteiger partial charge on any atom is 0.322 e. The molecule has 7 unspecified atom stereocenters. The minimum Gasteiger partial charge on any atom is -0.497 e. The van der Waals surface area contributed by atoms with E-state index < -0.39 is 139 Å². The van der Waals surface area contributed by atoms with Crippen LogP contribution in [0.15, 0.2) is 24.3 Å². The number of likely N-dealkylation sites (tertiary alicyclic amines) is 1. The van der Waals surface area contributed by atoms with Gasteiger partial charge < -0.3 is 56.9 Å². The van der Waals surface area contributed by atoms with Gasteiger partial charge in [0.2, 0.25) is 41.2 Å². The van der Waals surface area contributed by atoms with Crippen LogP contribution in [0.25, 0.3) is 0 Å². The van der Waals surface area contributed by atoms with Crippen LogP contribution in [0, 0.1) is 17.8 Å². The number of ketones is 1. The Hall–Kier alpha value is -6.61. The number of ether oxygens (including phenoxy) is 1. The minimum absolute atomic E-state index is 0.0233. The number of nitrogens with zero attached hydrogens (tertiary/aromatic N) is 1. The number of carboxylic acids is 3. The highest BCUT2D eigenvalue weighted by Crippen LogP contribution is 2.29. The van der Waals surface area contributed by atoms with Crippen molar-refractivity contribution in [3.8, 4) is 5.75 Å². The summed E-state index contributed by atoms with van der Waals surface area (Å²) in [6, 6.07) is -0.957. The first-order valence-electron chi connectivity index (χ1n) is 21.4. The molecule has 0 radical (unpaired) electrons. The number of Topliss-reactive ketones (excluding diaryl/α,β-unsaturated/α-hetero) is 1. The molecule has 0 aromatic heterocycles. The van der Waals surface area contributed by atoms with Crippen molar-refractivity contribution in [2.24, 2.45) is 17.8 Å². The molecule has 0 bridgehead atoms. The molecule has 22 nitrogen and oxygen atoms in total. The third kappa shape index (κ3) is 17.8. The number of carbonyl (C=O) groups is 11. The Kier molecular flexibility index (Phi) is 22.0. The Morgan fingerprint density at radius 2 is 1.23 bits per heavy atom. The van der Waals surface area contributed by atoms with Crippen LogP contribution >= 0.6 is 0 Å². The van der Waals surface area contributed by atoms with Crippen LogP contribution in [-0.4, -0.2) is 142 Å². The zero-order valence-corrected chi connectivity index (χ0v) is 37.8. The molecular formula is C43H63N7O15. The molecule has 65 heavy (non-hydrogen) atoms. The first kappa shape index (κ1) is 54.5. The summed E-state index contributed by atoms with van der Waals surface area (Å²) >= 11 is 0. The number of carboxylic acid groups (broad SMARTS) is 3. The highest BCUT2D eigenvalue weighted by molar-refractivity contribution is 6.38. The van der Waals surface area contributed by atoms with Gasteiger partial charge in [-0.2, -0.15) is 0 Å². The second-order valence-electron chi connectivity index (χ2n) is 16.6. The molecule has 1 aromatic rings. The lowest BCUT2D eigenvalue weighted by atomic mass is 9.96. The van der Waals surface area contributed by atoms with Crippen LogP contribution in [0.4, 0.5) is 0 Å². The van der Waals surface area contributed by atoms with Crippen LogP contribution in [0.2, 0.25) is 0 Å². The standard InChI is InChI=1S/C43H63N7O15/c1-8-9-28(37(58)42(63)44-20-34(56)57)46-40(61)31-19-26(18-25-10-12-27(65-7)13-11-25)21-50(31)43(64)36(23(4)5)49-41(62)35(22(2)3)48-39(60)30(15-17-33(54)55)47-38(59)29(45-24(6)51)14-16-32(52)53/h10-13,22-23,26,28-31,35-36H,8-9,14-21H2,1-7H3,(H,44,63)(H,45,51)(H,46,61)(H,47,59)(H,48,60)(H,49,62)(H,52,53)(H,54,55)(H,56,57). The van der Waals surface area contributed by atoms with Crippen molar-refractivity contribution < 1.29 is 72.8 Å². The Morgan fingerprint density at radius 1 is 0.692 bits per heavy atom. The van der Waals surface area contributed by atoms with Gasteiger partial charge in [-0.3, -0.25) is 52.7 Å². The smallest absolute Gasteiger partial charge is 0.322 e. The monoisotopic (exact) mass is 917 g/mol. The predicted octanol–water partition coefficient (Wildman–Crippen LogP) is -0.490. The third-order valence-corrected chi connectivity index (χ3v) is 10.6. The molecule has 1 heterocycles. The molecule has 1 saturated heterocycles. The number of benzene rings is 1. The first-order valence-corrected chi connectivity index (χ1v) is 21.4. The van der Waals surface area contributed by atoms with E-state index in [2.05, 4.69) is 26.6 Å².